The first kappa shape index (κ1) is 37.5. The van der Waals surface area contributed by atoms with Crippen LogP contribution in [0.2, 0.25) is 0 Å². The van der Waals surface area contributed by atoms with Gasteiger partial charge in [-0.1, -0.05) is 54.6 Å². The predicted octanol–water partition coefficient (Wildman–Crippen LogP) is 10.1. The van der Waals surface area contributed by atoms with Crippen LogP contribution in [0.1, 0.15) is 0 Å². The maximum atomic E-state index is 11.4. The van der Waals surface area contributed by atoms with E-state index < -0.39 is 24.4 Å². The zero-order chi connectivity index (χ0) is 37.3. The minimum absolute atomic E-state index is 0.0494. The van der Waals surface area contributed by atoms with Crippen molar-refractivity contribution in [2.45, 2.75) is 9.79 Å². The molecular formula is C33H23Cl4N6O6PS2. The zero-order valence-corrected chi connectivity index (χ0v) is 31.6. The summed E-state index contributed by atoms with van der Waals surface area (Å²) in [6, 6.07) is 24.8. The molecule has 0 spiro atoms. The highest BCUT2D eigenvalue weighted by molar-refractivity contribution is 8.24. The first-order valence-electron chi connectivity index (χ1n) is 14.7. The van der Waals surface area contributed by atoms with Crippen LogP contribution in [0.3, 0.4) is 0 Å². The van der Waals surface area contributed by atoms with E-state index in [1.165, 1.54) is 23.2 Å². The Hall–Kier alpha value is -4.24. The van der Waals surface area contributed by atoms with Crippen molar-refractivity contribution in [3.8, 4) is 0 Å². The van der Waals surface area contributed by atoms with Gasteiger partial charge in [0.2, 0.25) is 0 Å². The molecule has 0 radical (unpaired) electrons. The van der Waals surface area contributed by atoms with Crippen LogP contribution >= 0.6 is 49.6 Å². The molecule has 52 heavy (non-hydrogen) atoms. The summed E-state index contributed by atoms with van der Waals surface area (Å²) in [5, 5.41) is 2.03. The molecule has 0 aliphatic rings. The molecule has 12 nitrogen and oxygen atoms in total. The fraction of sp³-hybridized carbons (Fsp3) is 0. The van der Waals surface area contributed by atoms with Crippen molar-refractivity contribution in [1.29, 1.82) is 0 Å². The number of rotatable bonds is 2. The third-order valence-corrected chi connectivity index (χ3v) is 9.84. The Labute approximate surface area is 314 Å². The quantitative estimate of drug-likeness (QED) is 0.0745. The van der Waals surface area contributed by atoms with Crippen molar-refractivity contribution in [3.63, 3.8) is 0 Å². The summed E-state index contributed by atoms with van der Waals surface area (Å²) < 4.78 is 63.6. The second-order valence-electron chi connectivity index (χ2n) is 10.8. The fourth-order valence-electron chi connectivity index (χ4n) is 5.48. The number of hydrogen-bond donors (Lipinski definition) is 4. The molecule has 4 N–H and O–H groups in total. The van der Waals surface area contributed by atoms with Gasteiger partial charge >= 0.3 is 5.20 Å². The molecule has 266 valence electrons. The van der Waals surface area contributed by atoms with Gasteiger partial charge in [0, 0.05) is 80.2 Å². The zero-order valence-electron chi connectivity index (χ0n) is 26.1. The van der Waals surface area contributed by atoms with E-state index in [-0.39, 0.29) is 9.79 Å². The molecule has 19 heteroatoms. The van der Waals surface area contributed by atoms with Gasteiger partial charge in [0.15, 0.2) is 0 Å². The molecule has 3 aromatic carbocycles. The monoisotopic (exact) mass is 834 g/mol. The largest absolute Gasteiger partial charge is 0.359 e. The fourth-order valence-corrected chi connectivity index (χ4v) is 7.08. The first-order chi connectivity index (χ1) is 24.6. The summed E-state index contributed by atoms with van der Waals surface area (Å²) in [6.45, 7) is 0. The van der Waals surface area contributed by atoms with E-state index >= 15 is 0 Å². The molecule has 0 saturated carbocycles. The van der Waals surface area contributed by atoms with Gasteiger partial charge in [-0.2, -0.15) is 8.42 Å². The Kier molecular flexibility index (Phi) is 10.8. The van der Waals surface area contributed by atoms with Gasteiger partial charge in [0.05, 0.1) is 33.1 Å². The second kappa shape index (κ2) is 15.0. The van der Waals surface area contributed by atoms with Crippen LogP contribution in [0.15, 0.2) is 126 Å². The number of hydrogen-bond acceptors (Lipinski definition) is 8. The van der Waals surface area contributed by atoms with Gasteiger partial charge in [-0.15, -0.1) is 0 Å². The molecule has 0 aliphatic heterocycles. The van der Waals surface area contributed by atoms with Crippen LogP contribution in [0.5, 0.6) is 0 Å². The summed E-state index contributed by atoms with van der Waals surface area (Å²) in [6.07, 6.45) is 9.73. The highest BCUT2D eigenvalue weighted by Gasteiger charge is 2.19. The highest BCUT2D eigenvalue weighted by Crippen LogP contribution is 2.61. The van der Waals surface area contributed by atoms with Gasteiger partial charge in [-0.05, 0) is 58.0 Å². The average molecular weight is 837 g/mol. The summed E-state index contributed by atoms with van der Waals surface area (Å²) >= 11 is 13.8. The Morgan fingerprint density at radius 3 is 1.56 bits per heavy atom. The lowest BCUT2D eigenvalue weighted by Gasteiger charge is -1.99. The van der Waals surface area contributed by atoms with E-state index in [4.69, 9.17) is 15.2 Å². The predicted molar refractivity (Wildman–Crippen MR) is 209 cm³/mol. The van der Waals surface area contributed by atoms with Crippen molar-refractivity contribution < 1.29 is 26.0 Å². The SMILES string of the molecule is O=P(Cl)(Cl)Cl.O=S(=O)(Cl)c1cnc2c1ccc1ccc[nH]c12.O=S(=O)(O)c1cnc2c1ccc1ccc[nH]c12.c1cnc2c(c1)ccc1cc[nH]c12. The molecule has 0 bridgehead atoms. The molecule has 0 saturated heterocycles. The topological polar surface area (TPSA) is 192 Å². The Bertz CT molecular complexity index is 2870. The highest BCUT2D eigenvalue weighted by atomic mass is 36.0. The number of benzene rings is 3. The van der Waals surface area contributed by atoms with Crippen molar-refractivity contribution >= 4 is 134 Å². The van der Waals surface area contributed by atoms with E-state index in [0.29, 0.717) is 21.8 Å². The molecular weight excluding hydrogens is 813 g/mol. The minimum atomic E-state index is -4.23. The molecule has 6 aromatic heterocycles. The van der Waals surface area contributed by atoms with Crippen LogP contribution in [0.4, 0.5) is 0 Å². The molecule has 0 fully saturated rings. The summed E-state index contributed by atoms with van der Waals surface area (Å²) in [5.41, 5.74) is 4.87. The molecule has 9 rings (SSSR count). The van der Waals surface area contributed by atoms with Crippen molar-refractivity contribution in [3.05, 3.63) is 116 Å². The van der Waals surface area contributed by atoms with Crippen molar-refractivity contribution in [2.75, 3.05) is 0 Å². The van der Waals surface area contributed by atoms with Gasteiger partial charge < -0.3 is 15.0 Å². The van der Waals surface area contributed by atoms with Crippen LogP contribution in [-0.4, -0.2) is 51.3 Å². The molecule has 0 amide bonds. The van der Waals surface area contributed by atoms with Crippen molar-refractivity contribution in [2.24, 2.45) is 0 Å². The normalized spacial score (nSPS) is 11.9. The number of H-pyrrole nitrogens is 3. The number of nitrogens with zero attached hydrogens (tertiary/aromatic N) is 3. The smallest absolute Gasteiger partial charge is 0.339 e. The molecule has 0 aliphatic carbocycles. The van der Waals surface area contributed by atoms with E-state index in [2.05, 4.69) is 87.9 Å². The van der Waals surface area contributed by atoms with Crippen LogP contribution < -0.4 is 0 Å². The summed E-state index contributed by atoms with van der Waals surface area (Å²) in [5.74, 6) is 0. The van der Waals surface area contributed by atoms with E-state index in [1.54, 1.807) is 30.6 Å². The number of fused-ring (bicyclic) bond motifs is 9. The number of aromatic amines is 3. The maximum Gasteiger partial charge on any atom is 0.339 e. The van der Waals surface area contributed by atoms with Gasteiger partial charge in [0.1, 0.15) is 9.79 Å². The first-order valence-corrected chi connectivity index (χ1v) is 22.9. The molecule has 0 unspecified atom stereocenters. The van der Waals surface area contributed by atoms with Crippen molar-refractivity contribution in [1.82, 2.24) is 29.9 Å². The number of aromatic nitrogens is 6. The lowest BCUT2D eigenvalue weighted by atomic mass is 10.1. The lowest BCUT2D eigenvalue weighted by Crippen LogP contribution is -1.96. The Morgan fingerprint density at radius 1 is 0.558 bits per heavy atom. The van der Waals surface area contributed by atoms with Gasteiger partial charge in [-0.25, -0.2) is 8.42 Å². The van der Waals surface area contributed by atoms with Crippen LogP contribution in [0, 0.1) is 0 Å². The number of nitrogens with one attached hydrogen (secondary N) is 3. The average Bonchev–Trinajstić information content (AvgIpc) is 3.86. The third kappa shape index (κ3) is 8.52. The molecule has 6 heterocycles. The standard InChI is InChI=1S/C11H7ClN2O2S.C11H8N2O3S.C11H8N2.Cl3OP/c12-17(15,16)9-6-14-11-8(9)4-3-7-2-1-5-13-10(7)11;14-17(15,16)9-6-13-11-8(9)4-3-7-2-1-5-12-10(7)11;1-2-8-3-4-9-5-7-13-11(9)10(8)12-6-1;1-5(2,3)4/h1-6,13H;1-6,12H,(H,14,15,16);1-7,13H;. The Balaban J connectivity index is 0.000000127. The summed E-state index contributed by atoms with van der Waals surface area (Å²) in [4.78, 5) is 21.7. The maximum absolute atomic E-state index is 11.4. The molecule has 0 atom stereocenters. The van der Waals surface area contributed by atoms with E-state index in [9.17, 15) is 21.4 Å². The summed E-state index contributed by atoms with van der Waals surface area (Å²) in [7, 11) is -2.64. The van der Waals surface area contributed by atoms with Gasteiger partial charge in [-0.3, -0.25) is 24.1 Å². The number of pyridine rings is 3. The van der Waals surface area contributed by atoms with E-state index in [0.717, 1.165) is 32.8 Å². The van der Waals surface area contributed by atoms with Gasteiger partial charge in [0.25, 0.3) is 19.2 Å². The second-order valence-corrected chi connectivity index (χ2v) is 21.4. The van der Waals surface area contributed by atoms with Crippen LogP contribution in [0.25, 0.3) is 65.4 Å². The van der Waals surface area contributed by atoms with E-state index in [1.807, 2.05) is 48.8 Å². The third-order valence-electron chi connectivity index (χ3n) is 7.61. The number of halogens is 4. The molecule has 9 aromatic rings. The Morgan fingerprint density at radius 2 is 1.00 bits per heavy atom. The van der Waals surface area contributed by atoms with Crippen LogP contribution in [-0.2, 0) is 23.7 Å². The minimum Gasteiger partial charge on any atom is -0.359 e. The lowest BCUT2D eigenvalue weighted by molar-refractivity contribution is 0.484.